The Morgan fingerprint density at radius 1 is 0.852 bits per heavy atom. The van der Waals surface area contributed by atoms with Gasteiger partial charge < -0.3 is 46.4 Å². The van der Waals surface area contributed by atoms with Crippen molar-refractivity contribution in [2.45, 2.75) is 32.6 Å². The van der Waals surface area contributed by atoms with E-state index in [1.807, 2.05) is 61.3 Å². The van der Waals surface area contributed by atoms with E-state index < -0.39 is 33.5 Å². The minimum atomic E-state index is -4.97. The molecule has 18 heteroatoms. The number of rotatable bonds is 15. The summed E-state index contributed by atoms with van der Waals surface area (Å²) in [5.41, 5.74) is 23.5. The van der Waals surface area contributed by atoms with E-state index in [0.717, 1.165) is 44.7 Å². The molecule has 1 aliphatic heterocycles. The number of aromatic nitrogens is 3. The van der Waals surface area contributed by atoms with Gasteiger partial charge in [-0.2, -0.15) is 0 Å². The smallest absolute Gasteiger partial charge is 0.248 e. The van der Waals surface area contributed by atoms with Crippen LogP contribution in [-0.2, 0) is 32.5 Å². The standard InChI is InChI=1S/C32H34N6O7S.C11H13N3O/c1-3-38(15-12-31(40)46(42,43)44)23-6-9-27-29(18-23)45-28-17-22(5-8-26(28)36-27)37(2)14-11-30(39)34-13-10-21-19-35-25-7-4-20(32(33)41)16-24(21)25;12-4-3-8-6-14-10-2-1-7(11(13)15)5-9(8)10/h4-9,16-19H,3,10-15H2,1-2H3,(H4-,33,34,35,39,41,42,43,44);1-2,5-6,14H,3-4,12H2,(H2,13,15). The molecule has 318 valence electrons. The molecule has 0 unspecified atom stereocenters. The minimum absolute atomic E-state index is 0.0622. The fourth-order valence-corrected chi connectivity index (χ4v) is 7.25. The first-order valence-corrected chi connectivity index (χ1v) is 20.9. The molecule has 0 bridgehead atoms. The number of hydrogen-bond donors (Lipinski definition) is 6. The van der Waals surface area contributed by atoms with E-state index in [4.69, 9.17) is 21.6 Å². The first-order chi connectivity index (χ1) is 29.1. The predicted molar refractivity (Wildman–Crippen MR) is 232 cm³/mol. The summed E-state index contributed by atoms with van der Waals surface area (Å²) in [6.45, 7) is 3.88. The molecule has 3 heterocycles. The van der Waals surface area contributed by atoms with Crippen LogP contribution in [0.25, 0.3) is 44.4 Å². The number of primary amides is 2. The maximum atomic E-state index is 12.6. The molecule has 1 aliphatic carbocycles. The Bertz CT molecular complexity index is 2920. The van der Waals surface area contributed by atoms with Gasteiger partial charge in [0.1, 0.15) is 18.3 Å². The second-order valence-electron chi connectivity index (χ2n) is 14.4. The van der Waals surface area contributed by atoms with Crippen LogP contribution in [0.15, 0.2) is 89.6 Å². The number of anilines is 1. The molecule has 2 aromatic heterocycles. The summed E-state index contributed by atoms with van der Waals surface area (Å²) in [6, 6.07) is 21.5. The highest BCUT2D eigenvalue weighted by atomic mass is 32.2. The number of hydrogen-bond acceptors (Lipinski definition) is 11. The van der Waals surface area contributed by atoms with Gasteiger partial charge in [-0.3, -0.25) is 19.2 Å². The van der Waals surface area contributed by atoms with Gasteiger partial charge in [-0.1, -0.05) is 0 Å². The van der Waals surface area contributed by atoms with Gasteiger partial charge in [0.15, 0.2) is 28.0 Å². The van der Waals surface area contributed by atoms with Crippen LogP contribution in [0, 0.1) is 0 Å². The number of aromatic amines is 2. The Balaban J connectivity index is 0.000000347. The lowest BCUT2D eigenvalue weighted by atomic mass is 10.1. The quantitative estimate of drug-likeness (QED) is 0.0496. The highest BCUT2D eigenvalue weighted by Crippen LogP contribution is 2.27. The molecule has 0 atom stereocenters. The first kappa shape index (κ1) is 43.7. The molecule has 0 saturated heterocycles. The molecule has 0 fully saturated rings. The Morgan fingerprint density at radius 2 is 1.49 bits per heavy atom. The lowest BCUT2D eigenvalue weighted by Crippen LogP contribution is -2.32. The van der Waals surface area contributed by atoms with Crippen molar-refractivity contribution in [2.75, 3.05) is 44.7 Å². The van der Waals surface area contributed by atoms with E-state index in [1.165, 1.54) is 0 Å². The lowest BCUT2D eigenvalue weighted by Gasteiger charge is -2.23. The SMILES string of the molecule is CCN(CCC(=O)S(=O)(=O)[O-])c1ccc2nc3ccc(=[N+](C)CCC(=O)NCCc4c[nH]c5ccc(C(N)=O)cc45)cc-3oc2c1.NCCc1c[nH]c2ccc(C(N)=O)cc12. The maximum absolute atomic E-state index is 12.6. The fourth-order valence-electron chi connectivity index (χ4n) is 6.91. The van der Waals surface area contributed by atoms with Gasteiger partial charge in [-0.05, 0) is 92.0 Å². The van der Waals surface area contributed by atoms with Gasteiger partial charge in [0.05, 0.1) is 12.5 Å². The van der Waals surface area contributed by atoms with Gasteiger partial charge in [0, 0.05) is 89.2 Å². The van der Waals surface area contributed by atoms with Crippen LogP contribution >= 0.6 is 0 Å². The third-order valence-corrected chi connectivity index (χ3v) is 11.1. The topological polar surface area (TPSA) is 279 Å². The van der Waals surface area contributed by atoms with Gasteiger partial charge in [-0.25, -0.2) is 18.0 Å². The number of nitrogens with zero attached hydrogens (tertiary/aromatic N) is 3. The highest BCUT2D eigenvalue weighted by molar-refractivity contribution is 8.01. The number of fused-ring (bicyclic) bond motifs is 4. The summed E-state index contributed by atoms with van der Waals surface area (Å²) < 4.78 is 41.1. The number of amides is 3. The minimum Gasteiger partial charge on any atom is -0.742 e. The second-order valence-corrected chi connectivity index (χ2v) is 15.7. The molecule has 61 heavy (non-hydrogen) atoms. The normalized spacial score (nSPS) is 12.0. The van der Waals surface area contributed by atoms with Crippen LogP contribution in [0.1, 0.15) is 51.6 Å². The largest absolute Gasteiger partial charge is 0.742 e. The van der Waals surface area contributed by atoms with Crippen molar-refractivity contribution in [1.29, 1.82) is 0 Å². The summed E-state index contributed by atoms with van der Waals surface area (Å²) in [4.78, 5) is 59.5. The van der Waals surface area contributed by atoms with Crippen molar-refractivity contribution in [3.05, 3.63) is 113 Å². The molecule has 9 N–H and O–H groups in total. The molecule has 3 amide bonds. The monoisotopic (exact) mass is 849 g/mol. The molecule has 17 nitrogen and oxygen atoms in total. The second kappa shape index (κ2) is 19.0. The molecule has 5 aromatic rings. The van der Waals surface area contributed by atoms with E-state index in [2.05, 4.69) is 20.3 Å². The average Bonchev–Trinajstić information content (AvgIpc) is 3.84. The zero-order valence-corrected chi connectivity index (χ0v) is 34.5. The van der Waals surface area contributed by atoms with Gasteiger partial charge >= 0.3 is 0 Å². The molecule has 0 spiro atoms. The molecular formula is C43H47N9O8S. The number of carbonyl (C=O) groups excluding carboxylic acids is 4. The number of nitrogens with two attached hydrogens (primary N) is 3. The third-order valence-electron chi connectivity index (χ3n) is 10.3. The summed E-state index contributed by atoms with van der Waals surface area (Å²) in [5, 5.41) is 4.37. The van der Waals surface area contributed by atoms with Crippen LogP contribution < -0.4 is 37.4 Å². The van der Waals surface area contributed by atoms with Crippen molar-refractivity contribution in [3.63, 3.8) is 0 Å². The van der Waals surface area contributed by atoms with E-state index in [9.17, 15) is 32.1 Å². The zero-order valence-electron chi connectivity index (χ0n) is 33.7. The number of carbonyl (C=O) groups is 4. The molecule has 2 aliphatic rings. The van der Waals surface area contributed by atoms with Gasteiger partial charge in [0.2, 0.25) is 28.2 Å². The molecule has 0 saturated carbocycles. The third kappa shape index (κ3) is 10.7. The van der Waals surface area contributed by atoms with E-state index >= 15 is 0 Å². The van der Waals surface area contributed by atoms with E-state index in [1.54, 1.807) is 47.4 Å². The number of H-pyrrole nitrogens is 2. The molecular weight excluding hydrogens is 803 g/mol. The van der Waals surface area contributed by atoms with Gasteiger partial charge in [0.25, 0.3) is 0 Å². The molecule has 0 radical (unpaired) electrons. The van der Waals surface area contributed by atoms with Crippen molar-refractivity contribution in [1.82, 2.24) is 24.8 Å². The first-order valence-electron chi connectivity index (χ1n) is 19.5. The summed E-state index contributed by atoms with van der Waals surface area (Å²) in [7, 11) is -3.09. The van der Waals surface area contributed by atoms with E-state index in [0.29, 0.717) is 72.0 Å². The van der Waals surface area contributed by atoms with Crippen LogP contribution in [0.5, 0.6) is 0 Å². The van der Waals surface area contributed by atoms with Crippen molar-refractivity contribution < 1.29 is 36.6 Å². The van der Waals surface area contributed by atoms with Crippen LogP contribution in [0.4, 0.5) is 5.69 Å². The highest BCUT2D eigenvalue weighted by Gasteiger charge is 2.17. The Hall–Kier alpha value is -6.89. The predicted octanol–water partition coefficient (Wildman–Crippen LogP) is 2.72. The summed E-state index contributed by atoms with van der Waals surface area (Å²) in [6.07, 6.45) is 5.03. The lowest BCUT2D eigenvalue weighted by molar-refractivity contribution is -0.121. The molecule has 3 aromatic carbocycles. The van der Waals surface area contributed by atoms with Crippen LogP contribution in [0.3, 0.4) is 0 Å². The summed E-state index contributed by atoms with van der Waals surface area (Å²) >= 11 is 0. The van der Waals surface area contributed by atoms with Crippen molar-refractivity contribution in [2.24, 2.45) is 17.2 Å². The Labute approximate surface area is 350 Å². The van der Waals surface area contributed by atoms with Crippen molar-refractivity contribution >= 4 is 71.5 Å². The molecule has 7 rings (SSSR count). The summed E-state index contributed by atoms with van der Waals surface area (Å²) in [5.74, 6) is -0.454. The Morgan fingerprint density at radius 3 is 2.08 bits per heavy atom. The number of benzene rings is 4. The van der Waals surface area contributed by atoms with Gasteiger partial charge in [-0.15, -0.1) is 0 Å². The van der Waals surface area contributed by atoms with Crippen molar-refractivity contribution in [3.8, 4) is 11.5 Å². The van der Waals surface area contributed by atoms with E-state index in [-0.39, 0.29) is 18.9 Å². The van der Waals surface area contributed by atoms with Crippen LogP contribution in [-0.4, -0.2) is 90.5 Å². The number of nitrogens with one attached hydrogen (secondary N) is 3. The zero-order chi connectivity index (χ0) is 43.8. The maximum Gasteiger partial charge on any atom is 0.248 e. The Kier molecular flexibility index (Phi) is 13.6. The van der Waals surface area contributed by atoms with Crippen LogP contribution in [0.2, 0.25) is 0 Å². The average molecular weight is 850 g/mol. The fraction of sp³-hybridized carbons (Fsp3) is 0.256.